The van der Waals surface area contributed by atoms with Crippen molar-refractivity contribution in [2.45, 2.75) is 135 Å². The number of aromatic hydroxyl groups is 1. The van der Waals surface area contributed by atoms with Gasteiger partial charge in [-0.1, -0.05) is 135 Å². The van der Waals surface area contributed by atoms with E-state index in [0.717, 1.165) is 18.4 Å². The van der Waals surface area contributed by atoms with Gasteiger partial charge in [0.2, 0.25) is 0 Å². The van der Waals surface area contributed by atoms with Crippen molar-refractivity contribution in [2.24, 2.45) is 0 Å². The highest BCUT2D eigenvalue weighted by Crippen LogP contribution is 2.26. The van der Waals surface area contributed by atoms with Crippen LogP contribution in [0.4, 0.5) is 0 Å². The number of hydrogen-bond donors (Lipinski definition) is 1. The number of phenols is 1. The van der Waals surface area contributed by atoms with Gasteiger partial charge in [-0.15, -0.1) is 0 Å². The Kier molecular flexibility index (Phi) is 20.9. The number of unbranched alkanes of at least 4 members (excludes halogenated alkanes) is 19. The number of carbonyl (C=O) groups excluding carboxylic acids is 1. The van der Waals surface area contributed by atoms with Crippen molar-refractivity contribution >= 4 is 12.0 Å². The van der Waals surface area contributed by atoms with Crippen molar-refractivity contribution in [1.82, 2.24) is 0 Å². The molecule has 0 heterocycles. The van der Waals surface area contributed by atoms with Gasteiger partial charge in [0, 0.05) is 6.08 Å². The highest BCUT2D eigenvalue weighted by molar-refractivity contribution is 5.87. The number of phenolic OH excluding ortho intramolecular Hbond substituents is 1. The van der Waals surface area contributed by atoms with Crippen LogP contribution in [-0.4, -0.2) is 24.8 Å². The molecule has 1 rings (SSSR count). The Bertz CT molecular complexity index is 683. The second-order valence-corrected chi connectivity index (χ2v) is 10.1. The molecule has 4 nitrogen and oxygen atoms in total. The van der Waals surface area contributed by atoms with Gasteiger partial charge in [-0.05, 0) is 30.2 Å². The van der Waals surface area contributed by atoms with E-state index in [9.17, 15) is 9.90 Å². The monoisotopic (exact) mass is 502 g/mol. The van der Waals surface area contributed by atoms with E-state index < -0.39 is 0 Å². The molecule has 0 aliphatic carbocycles. The van der Waals surface area contributed by atoms with Crippen LogP contribution in [0.5, 0.6) is 11.5 Å². The summed E-state index contributed by atoms with van der Waals surface area (Å²) in [6, 6.07) is 4.95. The molecule has 0 bridgehead atoms. The van der Waals surface area contributed by atoms with Gasteiger partial charge in [0.25, 0.3) is 0 Å². The van der Waals surface area contributed by atoms with Crippen molar-refractivity contribution in [1.29, 1.82) is 0 Å². The normalized spacial score (nSPS) is 11.3. The molecule has 1 aromatic rings. The average Bonchev–Trinajstić information content (AvgIpc) is 2.89. The van der Waals surface area contributed by atoms with Crippen LogP contribution >= 0.6 is 0 Å². The van der Waals surface area contributed by atoms with Crippen LogP contribution in [-0.2, 0) is 9.53 Å². The molecule has 0 fully saturated rings. The summed E-state index contributed by atoms with van der Waals surface area (Å²) in [5.41, 5.74) is 0.778. The van der Waals surface area contributed by atoms with Crippen molar-refractivity contribution < 1.29 is 19.4 Å². The SMILES string of the molecule is CCCCCCCCCCCCCCCCCCCCCCOC(=O)/C=C\c1ccc(O)c(OC)c1. The minimum Gasteiger partial charge on any atom is -0.504 e. The van der Waals surface area contributed by atoms with Crippen LogP contribution in [0, 0.1) is 0 Å². The Morgan fingerprint density at radius 3 is 1.61 bits per heavy atom. The maximum Gasteiger partial charge on any atom is 0.330 e. The van der Waals surface area contributed by atoms with Crippen molar-refractivity contribution in [3.05, 3.63) is 29.8 Å². The summed E-state index contributed by atoms with van der Waals surface area (Å²) < 4.78 is 10.3. The minimum atomic E-state index is -0.333. The lowest BCUT2D eigenvalue weighted by Gasteiger charge is -2.05. The first kappa shape index (κ1) is 32.1. The number of methoxy groups -OCH3 is 1. The van der Waals surface area contributed by atoms with Gasteiger partial charge in [-0.25, -0.2) is 4.79 Å². The van der Waals surface area contributed by atoms with E-state index in [4.69, 9.17) is 9.47 Å². The molecule has 0 spiro atoms. The van der Waals surface area contributed by atoms with Crippen LogP contribution < -0.4 is 4.74 Å². The third kappa shape index (κ3) is 18.3. The molecule has 1 aromatic carbocycles. The fourth-order valence-electron chi connectivity index (χ4n) is 4.54. The maximum atomic E-state index is 11.8. The van der Waals surface area contributed by atoms with Crippen LogP contribution in [0.15, 0.2) is 24.3 Å². The number of ether oxygens (including phenoxy) is 2. The second-order valence-electron chi connectivity index (χ2n) is 10.1. The molecule has 0 saturated carbocycles. The summed E-state index contributed by atoms with van der Waals surface area (Å²) in [4.78, 5) is 11.8. The first-order valence-corrected chi connectivity index (χ1v) is 14.9. The summed E-state index contributed by atoms with van der Waals surface area (Å²) in [6.07, 6.45) is 30.3. The van der Waals surface area contributed by atoms with Crippen LogP contribution in [0.2, 0.25) is 0 Å². The van der Waals surface area contributed by atoms with Gasteiger partial charge in [0.1, 0.15) is 0 Å². The number of hydrogen-bond acceptors (Lipinski definition) is 4. The first-order chi connectivity index (χ1) is 17.7. The first-order valence-electron chi connectivity index (χ1n) is 14.9. The molecule has 0 aliphatic rings. The molecule has 0 aliphatic heterocycles. The molecule has 1 N–H and O–H groups in total. The minimum absolute atomic E-state index is 0.0804. The van der Waals surface area contributed by atoms with Gasteiger partial charge < -0.3 is 14.6 Å². The van der Waals surface area contributed by atoms with Crippen LogP contribution in [0.3, 0.4) is 0 Å². The third-order valence-electron chi connectivity index (χ3n) is 6.86. The molecular weight excluding hydrogens is 448 g/mol. The topological polar surface area (TPSA) is 55.8 Å². The number of benzene rings is 1. The van der Waals surface area contributed by atoms with E-state index in [1.807, 2.05) is 0 Å². The van der Waals surface area contributed by atoms with Crippen molar-refractivity contribution in [2.75, 3.05) is 13.7 Å². The summed E-state index contributed by atoms with van der Waals surface area (Å²) in [6.45, 7) is 2.76. The second kappa shape index (κ2) is 23.4. The molecule has 0 radical (unpaired) electrons. The van der Waals surface area contributed by atoms with E-state index >= 15 is 0 Å². The van der Waals surface area contributed by atoms with Gasteiger partial charge in [-0.2, -0.15) is 0 Å². The van der Waals surface area contributed by atoms with Crippen LogP contribution in [0.1, 0.15) is 141 Å². The standard InChI is InChI=1S/C32H54O4/c1-3-4-5-6-7-8-9-10-11-12-13-14-15-16-17-18-19-20-21-22-27-36-32(34)26-24-29-23-25-30(33)31(28-29)35-2/h23-26,28,33H,3-22,27H2,1-2H3/b26-24-. The molecule has 0 amide bonds. The number of rotatable bonds is 24. The molecular formula is C32H54O4. The maximum absolute atomic E-state index is 11.8. The molecule has 0 unspecified atom stereocenters. The summed E-state index contributed by atoms with van der Waals surface area (Å²) in [5.74, 6) is 0.131. The fraction of sp³-hybridized carbons (Fsp3) is 0.719. The van der Waals surface area contributed by atoms with Gasteiger partial charge in [0.15, 0.2) is 11.5 Å². The third-order valence-corrected chi connectivity index (χ3v) is 6.86. The lowest BCUT2D eigenvalue weighted by molar-refractivity contribution is -0.137. The molecule has 0 saturated heterocycles. The summed E-state index contributed by atoms with van der Waals surface area (Å²) in [7, 11) is 1.50. The van der Waals surface area contributed by atoms with E-state index in [1.54, 1.807) is 24.3 Å². The highest BCUT2D eigenvalue weighted by Gasteiger charge is 2.02. The Morgan fingerprint density at radius 2 is 1.17 bits per heavy atom. The summed E-state index contributed by atoms with van der Waals surface area (Å²) >= 11 is 0. The molecule has 0 atom stereocenters. The largest absolute Gasteiger partial charge is 0.504 e. The molecule has 0 aromatic heterocycles. The van der Waals surface area contributed by atoms with E-state index in [0.29, 0.717) is 12.4 Å². The van der Waals surface area contributed by atoms with Crippen LogP contribution in [0.25, 0.3) is 6.08 Å². The molecule has 36 heavy (non-hydrogen) atoms. The number of carbonyl (C=O) groups is 1. The Hall–Kier alpha value is -1.97. The quantitative estimate of drug-likeness (QED) is 0.0868. The summed E-state index contributed by atoms with van der Waals surface area (Å²) in [5, 5.41) is 9.61. The lowest BCUT2D eigenvalue weighted by Crippen LogP contribution is -2.02. The van der Waals surface area contributed by atoms with Gasteiger partial charge >= 0.3 is 5.97 Å². The Balaban J connectivity index is 1.82. The average molecular weight is 503 g/mol. The zero-order valence-corrected chi connectivity index (χ0v) is 23.4. The van der Waals surface area contributed by atoms with E-state index in [-0.39, 0.29) is 11.7 Å². The predicted octanol–water partition coefficient (Wildman–Crippen LogP) is 9.78. The van der Waals surface area contributed by atoms with Gasteiger partial charge in [0.05, 0.1) is 13.7 Å². The molecule has 4 heteroatoms. The number of esters is 1. The highest BCUT2D eigenvalue weighted by atomic mass is 16.5. The van der Waals surface area contributed by atoms with E-state index in [2.05, 4.69) is 6.92 Å². The lowest BCUT2D eigenvalue weighted by atomic mass is 10.0. The zero-order chi connectivity index (χ0) is 26.1. The fourth-order valence-corrected chi connectivity index (χ4v) is 4.54. The van der Waals surface area contributed by atoms with Crippen molar-refractivity contribution in [3.8, 4) is 11.5 Å². The Morgan fingerprint density at radius 1 is 0.722 bits per heavy atom. The molecule has 206 valence electrons. The van der Waals surface area contributed by atoms with E-state index in [1.165, 1.54) is 129 Å². The Labute approximate surface area is 221 Å². The smallest absolute Gasteiger partial charge is 0.330 e. The van der Waals surface area contributed by atoms with Crippen molar-refractivity contribution in [3.63, 3.8) is 0 Å². The zero-order valence-electron chi connectivity index (χ0n) is 23.4. The van der Waals surface area contributed by atoms with Gasteiger partial charge in [-0.3, -0.25) is 0 Å². The predicted molar refractivity (Wildman–Crippen MR) is 153 cm³/mol.